The molecule has 162 valence electrons. The third-order valence-electron chi connectivity index (χ3n) is 5.29. The first-order valence-corrected chi connectivity index (χ1v) is 9.90. The van der Waals surface area contributed by atoms with E-state index in [2.05, 4.69) is 6.58 Å². The largest absolute Gasteiger partial charge is 0.467 e. The zero-order chi connectivity index (χ0) is 22.4. The minimum atomic E-state index is -1.15. The molecule has 0 N–H and O–H groups in total. The number of rotatable bonds is 8. The summed E-state index contributed by atoms with van der Waals surface area (Å²) in [5.41, 5.74) is 4.39. The average molecular weight is 423 g/mol. The number of ether oxygens (including phenoxy) is 3. The van der Waals surface area contributed by atoms with Crippen molar-refractivity contribution in [2.75, 3.05) is 27.4 Å². The molecular weight excluding hydrogens is 398 g/mol. The van der Waals surface area contributed by atoms with Crippen LogP contribution in [0.25, 0.3) is 11.1 Å². The monoisotopic (exact) mass is 423 g/mol. The maximum Gasteiger partial charge on any atom is 0.410 e. The molecule has 0 saturated heterocycles. The first-order valence-electron chi connectivity index (χ1n) is 9.90. The Labute approximate surface area is 181 Å². The molecule has 31 heavy (non-hydrogen) atoms. The predicted molar refractivity (Wildman–Crippen MR) is 114 cm³/mol. The second kappa shape index (κ2) is 9.93. The molecular formula is C24H25NO6. The maximum atomic E-state index is 12.7. The number of nitrogens with zero attached hydrogens (tertiary/aromatic N) is 1. The van der Waals surface area contributed by atoms with E-state index in [0.717, 1.165) is 27.2 Å². The Hall–Kier alpha value is -3.61. The first kappa shape index (κ1) is 22.1. The van der Waals surface area contributed by atoms with E-state index >= 15 is 0 Å². The van der Waals surface area contributed by atoms with Gasteiger partial charge in [0.15, 0.2) is 0 Å². The molecule has 0 radical (unpaired) electrons. The van der Waals surface area contributed by atoms with Crippen LogP contribution in [0.3, 0.4) is 0 Å². The molecule has 0 fully saturated rings. The summed E-state index contributed by atoms with van der Waals surface area (Å²) in [6.45, 7) is 3.59. The average Bonchev–Trinajstić information content (AvgIpc) is 3.12. The molecule has 1 aliphatic carbocycles. The van der Waals surface area contributed by atoms with Gasteiger partial charge in [0.1, 0.15) is 19.3 Å². The molecule has 0 saturated carbocycles. The van der Waals surface area contributed by atoms with Crippen molar-refractivity contribution in [2.45, 2.75) is 18.4 Å². The van der Waals surface area contributed by atoms with Crippen LogP contribution in [-0.2, 0) is 23.8 Å². The molecule has 2 aromatic rings. The molecule has 0 aromatic heterocycles. The van der Waals surface area contributed by atoms with E-state index < -0.39 is 24.1 Å². The van der Waals surface area contributed by atoms with E-state index in [4.69, 9.17) is 14.2 Å². The highest BCUT2D eigenvalue weighted by Gasteiger charge is 2.33. The number of amides is 1. The van der Waals surface area contributed by atoms with E-state index in [1.165, 1.54) is 20.2 Å². The van der Waals surface area contributed by atoms with Crippen LogP contribution in [0, 0.1) is 0 Å². The quantitative estimate of drug-likeness (QED) is 0.367. The molecule has 0 spiro atoms. The normalized spacial score (nSPS) is 12.8. The van der Waals surface area contributed by atoms with E-state index in [-0.39, 0.29) is 25.6 Å². The second-order valence-corrected chi connectivity index (χ2v) is 7.13. The summed E-state index contributed by atoms with van der Waals surface area (Å²) in [6, 6.07) is 14.8. The Bertz CT molecular complexity index is 940. The van der Waals surface area contributed by atoms with Gasteiger partial charge in [-0.05, 0) is 22.3 Å². The van der Waals surface area contributed by atoms with Crippen LogP contribution in [0.5, 0.6) is 0 Å². The molecule has 7 nitrogen and oxygen atoms in total. The Morgan fingerprint density at radius 1 is 1.03 bits per heavy atom. The van der Waals surface area contributed by atoms with Gasteiger partial charge in [0.2, 0.25) is 0 Å². The molecule has 0 unspecified atom stereocenters. The SMILES string of the molecule is C=CCOC(=O)C[C@@H](C(=O)OC)N(C)C(=O)OCC1c2ccccc2-c2ccccc21. The van der Waals surface area contributed by atoms with Gasteiger partial charge in [-0.15, -0.1) is 0 Å². The summed E-state index contributed by atoms with van der Waals surface area (Å²) >= 11 is 0. The number of fused-ring (bicyclic) bond motifs is 3. The third-order valence-corrected chi connectivity index (χ3v) is 5.29. The highest BCUT2D eigenvalue weighted by Crippen LogP contribution is 2.44. The van der Waals surface area contributed by atoms with E-state index in [1.54, 1.807) is 0 Å². The number of carbonyl (C=O) groups is 3. The lowest BCUT2D eigenvalue weighted by molar-refractivity contribution is -0.153. The Morgan fingerprint density at radius 3 is 2.16 bits per heavy atom. The van der Waals surface area contributed by atoms with Crippen molar-refractivity contribution in [1.82, 2.24) is 4.90 Å². The Morgan fingerprint density at radius 2 is 1.61 bits per heavy atom. The number of hydrogen-bond donors (Lipinski definition) is 0. The summed E-state index contributed by atoms with van der Waals surface area (Å²) < 4.78 is 15.2. The molecule has 7 heteroatoms. The van der Waals surface area contributed by atoms with Gasteiger partial charge < -0.3 is 14.2 Å². The minimum absolute atomic E-state index is 0.0153. The molecule has 1 atom stereocenters. The summed E-state index contributed by atoms with van der Waals surface area (Å²) in [5, 5.41) is 0. The highest BCUT2D eigenvalue weighted by molar-refractivity contribution is 5.86. The van der Waals surface area contributed by atoms with Crippen LogP contribution in [-0.4, -0.2) is 56.3 Å². The van der Waals surface area contributed by atoms with Crippen molar-refractivity contribution in [1.29, 1.82) is 0 Å². The zero-order valence-electron chi connectivity index (χ0n) is 17.6. The van der Waals surface area contributed by atoms with Gasteiger partial charge >= 0.3 is 18.0 Å². The van der Waals surface area contributed by atoms with Gasteiger partial charge in [0.25, 0.3) is 0 Å². The first-order chi connectivity index (χ1) is 15.0. The van der Waals surface area contributed by atoms with Gasteiger partial charge in [-0.2, -0.15) is 0 Å². The van der Waals surface area contributed by atoms with E-state index in [9.17, 15) is 14.4 Å². The summed E-state index contributed by atoms with van der Waals surface area (Å²) in [6.07, 6.45) is 0.343. The maximum absolute atomic E-state index is 12.7. The van der Waals surface area contributed by atoms with Crippen molar-refractivity contribution in [3.05, 3.63) is 72.3 Å². The lowest BCUT2D eigenvalue weighted by Crippen LogP contribution is -2.45. The standard InChI is InChI=1S/C24H25NO6/c1-4-13-30-22(26)14-21(23(27)29-3)25(2)24(28)31-15-20-18-11-7-5-9-16(18)17-10-6-8-12-19(17)20/h4-12,20-21H,1,13-15H2,2-3H3/t21-/m0/s1. The van der Waals surface area contributed by atoms with Crippen LogP contribution in [0.2, 0.25) is 0 Å². The number of likely N-dealkylation sites (N-methyl/N-ethyl adjacent to an activating group) is 1. The number of benzene rings is 2. The number of esters is 2. The van der Waals surface area contributed by atoms with Crippen LogP contribution in [0.15, 0.2) is 61.2 Å². The Balaban J connectivity index is 1.71. The zero-order valence-corrected chi connectivity index (χ0v) is 17.6. The van der Waals surface area contributed by atoms with Crippen molar-refractivity contribution >= 4 is 18.0 Å². The van der Waals surface area contributed by atoms with Crippen LogP contribution in [0.1, 0.15) is 23.5 Å². The summed E-state index contributed by atoms with van der Waals surface area (Å²) in [5.74, 6) is -1.49. The van der Waals surface area contributed by atoms with Crippen molar-refractivity contribution in [2.24, 2.45) is 0 Å². The topological polar surface area (TPSA) is 82.1 Å². The molecule has 2 aromatic carbocycles. The summed E-state index contributed by atoms with van der Waals surface area (Å²) in [7, 11) is 2.58. The molecule has 3 rings (SSSR count). The van der Waals surface area contributed by atoms with E-state index in [0.29, 0.717) is 0 Å². The van der Waals surface area contributed by atoms with Crippen LogP contribution >= 0.6 is 0 Å². The van der Waals surface area contributed by atoms with Gasteiger partial charge in [-0.25, -0.2) is 9.59 Å². The lowest BCUT2D eigenvalue weighted by Gasteiger charge is -2.25. The molecule has 0 bridgehead atoms. The predicted octanol–water partition coefficient (Wildman–Crippen LogP) is 3.53. The van der Waals surface area contributed by atoms with Crippen molar-refractivity contribution in [3.8, 4) is 11.1 Å². The minimum Gasteiger partial charge on any atom is -0.467 e. The fourth-order valence-electron chi connectivity index (χ4n) is 3.71. The van der Waals surface area contributed by atoms with Gasteiger partial charge in [0, 0.05) is 13.0 Å². The van der Waals surface area contributed by atoms with Crippen LogP contribution < -0.4 is 0 Å². The number of carbonyl (C=O) groups excluding carboxylic acids is 3. The number of hydrogen-bond acceptors (Lipinski definition) is 6. The molecule has 0 aliphatic heterocycles. The lowest BCUT2D eigenvalue weighted by atomic mass is 9.98. The highest BCUT2D eigenvalue weighted by atomic mass is 16.6. The Kier molecular flexibility index (Phi) is 7.07. The molecule has 1 aliphatic rings. The van der Waals surface area contributed by atoms with Gasteiger partial charge in [-0.1, -0.05) is 61.2 Å². The fourth-order valence-corrected chi connectivity index (χ4v) is 3.71. The third kappa shape index (κ3) is 4.77. The fraction of sp³-hybridized carbons (Fsp3) is 0.292. The van der Waals surface area contributed by atoms with Gasteiger partial charge in [-0.3, -0.25) is 9.69 Å². The van der Waals surface area contributed by atoms with Crippen LogP contribution in [0.4, 0.5) is 4.79 Å². The van der Waals surface area contributed by atoms with E-state index in [1.807, 2.05) is 48.5 Å². The molecule has 0 heterocycles. The smallest absolute Gasteiger partial charge is 0.410 e. The second-order valence-electron chi connectivity index (χ2n) is 7.13. The van der Waals surface area contributed by atoms with Gasteiger partial charge in [0.05, 0.1) is 13.5 Å². The van der Waals surface area contributed by atoms with Crippen molar-refractivity contribution < 1.29 is 28.6 Å². The van der Waals surface area contributed by atoms with Crippen molar-refractivity contribution in [3.63, 3.8) is 0 Å². The number of methoxy groups -OCH3 is 1. The summed E-state index contributed by atoms with van der Waals surface area (Å²) in [4.78, 5) is 37.9. The molecule has 1 amide bonds.